The van der Waals surface area contributed by atoms with Gasteiger partial charge in [-0.3, -0.25) is 4.79 Å². The van der Waals surface area contributed by atoms with Crippen LogP contribution in [0.15, 0.2) is 33.3 Å². The van der Waals surface area contributed by atoms with Crippen LogP contribution in [-0.4, -0.2) is 11.1 Å². The van der Waals surface area contributed by atoms with Gasteiger partial charge in [-0.1, -0.05) is 27.2 Å². The highest BCUT2D eigenvalue weighted by Gasteiger charge is 2.11. The second kappa shape index (κ2) is 4.71. The molecule has 1 heterocycles. The van der Waals surface area contributed by atoms with Crippen molar-refractivity contribution in [3.63, 3.8) is 0 Å². The van der Waals surface area contributed by atoms with Gasteiger partial charge in [0.25, 0.3) is 5.91 Å². The molecule has 2 rings (SSSR count). The van der Waals surface area contributed by atoms with Crippen molar-refractivity contribution in [1.29, 1.82) is 0 Å². The van der Waals surface area contributed by atoms with Gasteiger partial charge in [0.1, 0.15) is 0 Å². The Kier molecular flexibility index (Phi) is 3.28. The molecule has 0 saturated carbocycles. The van der Waals surface area contributed by atoms with Crippen LogP contribution in [0.5, 0.6) is 0 Å². The van der Waals surface area contributed by atoms with E-state index >= 15 is 0 Å². The van der Waals surface area contributed by atoms with Crippen molar-refractivity contribution in [2.45, 2.75) is 13.8 Å². The summed E-state index contributed by atoms with van der Waals surface area (Å²) < 4.78 is 5.83. The van der Waals surface area contributed by atoms with E-state index in [-0.39, 0.29) is 11.7 Å². The number of aromatic nitrogens is 1. The number of anilines is 1. The summed E-state index contributed by atoms with van der Waals surface area (Å²) in [6.07, 6.45) is 0. The minimum atomic E-state index is -0.304. The van der Waals surface area contributed by atoms with Crippen molar-refractivity contribution in [3.05, 3.63) is 45.8 Å². The van der Waals surface area contributed by atoms with E-state index in [9.17, 15) is 4.79 Å². The number of amides is 1. The van der Waals surface area contributed by atoms with Crippen LogP contribution in [0.2, 0.25) is 0 Å². The molecule has 0 atom stereocenters. The van der Waals surface area contributed by atoms with Gasteiger partial charge in [-0.2, -0.15) is 0 Å². The van der Waals surface area contributed by atoms with Crippen LogP contribution in [0.25, 0.3) is 0 Å². The molecule has 0 spiro atoms. The summed E-state index contributed by atoms with van der Waals surface area (Å²) in [6, 6.07) is 7.20. The fraction of sp³-hybridized carbons (Fsp3) is 0.167. The van der Waals surface area contributed by atoms with Crippen molar-refractivity contribution in [3.8, 4) is 0 Å². The molecule has 17 heavy (non-hydrogen) atoms. The smallest absolute Gasteiger partial charge is 0.294 e. The molecule has 0 bridgehead atoms. The van der Waals surface area contributed by atoms with Crippen LogP contribution < -0.4 is 5.32 Å². The predicted octanol–water partition coefficient (Wildman–Crippen LogP) is 3.31. The summed E-state index contributed by atoms with van der Waals surface area (Å²) in [4.78, 5) is 11.8. The number of rotatable bonds is 2. The lowest BCUT2D eigenvalue weighted by Crippen LogP contribution is -2.10. The molecule has 0 radical (unpaired) electrons. The second-order valence-electron chi connectivity index (χ2n) is 3.75. The lowest BCUT2D eigenvalue weighted by atomic mass is 10.2. The van der Waals surface area contributed by atoms with E-state index in [0.29, 0.717) is 11.4 Å². The first-order chi connectivity index (χ1) is 8.06. The van der Waals surface area contributed by atoms with Gasteiger partial charge in [0, 0.05) is 16.2 Å². The monoisotopic (exact) mass is 294 g/mol. The number of carbonyl (C=O) groups is 1. The van der Waals surface area contributed by atoms with Crippen LogP contribution in [0.4, 0.5) is 5.69 Å². The Morgan fingerprint density at radius 2 is 2.12 bits per heavy atom. The molecule has 4 nitrogen and oxygen atoms in total. The maximum Gasteiger partial charge on any atom is 0.294 e. The van der Waals surface area contributed by atoms with Gasteiger partial charge in [0.15, 0.2) is 0 Å². The van der Waals surface area contributed by atoms with E-state index in [2.05, 4.69) is 26.4 Å². The van der Waals surface area contributed by atoms with E-state index in [0.717, 1.165) is 10.0 Å². The lowest BCUT2D eigenvalue weighted by Gasteiger charge is -2.04. The third-order valence-corrected chi connectivity index (χ3v) is 3.14. The maximum absolute atomic E-state index is 11.8. The molecule has 0 fully saturated rings. The number of hydrogen-bond donors (Lipinski definition) is 1. The lowest BCUT2D eigenvalue weighted by molar-refractivity contribution is 0.0988. The van der Waals surface area contributed by atoms with E-state index in [4.69, 9.17) is 4.52 Å². The second-order valence-corrected chi connectivity index (χ2v) is 4.60. The quantitative estimate of drug-likeness (QED) is 0.924. The van der Waals surface area contributed by atoms with Gasteiger partial charge in [-0.15, -0.1) is 0 Å². The Morgan fingerprint density at radius 1 is 1.35 bits per heavy atom. The fourth-order valence-electron chi connectivity index (χ4n) is 1.33. The van der Waals surface area contributed by atoms with Crippen LogP contribution in [0.1, 0.15) is 21.8 Å². The number of nitrogens with zero attached hydrogens (tertiary/aromatic N) is 1. The number of hydrogen-bond acceptors (Lipinski definition) is 3. The topological polar surface area (TPSA) is 55.1 Å². The van der Waals surface area contributed by atoms with Crippen LogP contribution in [0, 0.1) is 13.8 Å². The third-order valence-electron chi connectivity index (χ3n) is 2.28. The first-order valence-corrected chi connectivity index (χ1v) is 5.86. The molecule has 0 aliphatic heterocycles. The summed E-state index contributed by atoms with van der Waals surface area (Å²) in [7, 11) is 0. The first kappa shape index (κ1) is 11.9. The number of carbonyl (C=O) groups excluding carboxylic acids is 1. The molecule has 0 saturated heterocycles. The van der Waals surface area contributed by atoms with Crippen molar-refractivity contribution in [2.75, 3.05) is 5.32 Å². The molecule has 2 aromatic rings. The molecule has 1 amide bonds. The minimum absolute atomic E-state index is 0.208. The molecule has 1 aromatic heterocycles. The predicted molar refractivity (Wildman–Crippen MR) is 68.1 cm³/mol. The van der Waals surface area contributed by atoms with Crippen molar-refractivity contribution < 1.29 is 9.32 Å². The Labute approximate surface area is 107 Å². The van der Waals surface area contributed by atoms with Gasteiger partial charge in [0.05, 0.1) is 5.69 Å². The fourth-order valence-corrected chi connectivity index (χ4v) is 1.71. The molecule has 88 valence electrons. The van der Waals surface area contributed by atoms with E-state index in [1.165, 1.54) is 0 Å². The number of halogens is 1. The number of benzene rings is 1. The summed E-state index contributed by atoms with van der Waals surface area (Å²) in [5.41, 5.74) is 2.50. The van der Waals surface area contributed by atoms with Crippen molar-refractivity contribution in [2.24, 2.45) is 0 Å². The van der Waals surface area contributed by atoms with Gasteiger partial charge >= 0.3 is 0 Å². The maximum atomic E-state index is 11.8. The summed E-state index contributed by atoms with van der Waals surface area (Å²) in [5.74, 6) is -0.0967. The minimum Gasteiger partial charge on any atom is -0.351 e. The zero-order valence-corrected chi connectivity index (χ0v) is 11.0. The Balaban J connectivity index is 2.15. The number of aryl methyl sites for hydroxylation is 2. The van der Waals surface area contributed by atoms with Crippen LogP contribution in [-0.2, 0) is 0 Å². The van der Waals surface area contributed by atoms with Crippen LogP contribution >= 0.6 is 15.9 Å². The highest BCUT2D eigenvalue weighted by molar-refractivity contribution is 9.10. The summed E-state index contributed by atoms with van der Waals surface area (Å²) in [5, 5.41) is 6.40. The zero-order valence-electron chi connectivity index (χ0n) is 9.45. The highest BCUT2D eigenvalue weighted by Crippen LogP contribution is 2.21. The van der Waals surface area contributed by atoms with Gasteiger partial charge in [-0.05, 0) is 31.5 Å². The molecule has 0 aliphatic rings. The standard InChI is InChI=1S/C12H11BrN2O2/c1-7-3-4-9(6-10(7)13)14-12(16)11-5-8(2)15-17-11/h3-6H,1-2H3,(H,14,16). The molecular weight excluding hydrogens is 284 g/mol. The van der Waals surface area contributed by atoms with Gasteiger partial charge in [0.2, 0.25) is 5.76 Å². The molecule has 1 aromatic carbocycles. The molecule has 0 aliphatic carbocycles. The SMILES string of the molecule is Cc1cc(C(=O)Nc2ccc(C)c(Br)c2)on1. The molecule has 5 heteroatoms. The third kappa shape index (κ3) is 2.74. The summed E-state index contributed by atoms with van der Waals surface area (Å²) in [6.45, 7) is 3.75. The Hall–Kier alpha value is -1.62. The van der Waals surface area contributed by atoms with Crippen molar-refractivity contribution >= 4 is 27.5 Å². The van der Waals surface area contributed by atoms with Crippen LogP contribution in [0.3, 0.4) is 0 Å². The Morgan fingerprint density at radius 3 is 2.71 bits per heavy atom. The first-order valence-electron chi connectivity index (χ1n) is 5.07. The Bertz CT molecular complexity index is 563. The molecule has 1 N–H and O–H groups in total. The van der Waals surface area contributed by atoms with Gasteiger partial charge in [-0.25, -0.2) is 0 Å². The highest BCUT2D eigenvalue weighted by atomic mass is 79.9. The number of nitrogens with one attached hydrogen (secondary N) is 1. The largest absolute Gasteiger partial charge is 0.351 e. The average Bonchev–Trinajstić information content (AvgIpc) is 2.70. The van der Waals surface area contributed by atoms with E-state index in [1.54, 1.807) is 13.0 Å². The van der Waals surface area contributed by atoms with E-state index in [1.807, 2.05) is 25.1 Å². The van der Waals surface area contributed by atoms with Gasteiger partial charge < -0.3 is 9.84 Å². The van der Waals surface area contributed by atoms with E-state index < -0.39 is 0 Å². The van der Waals surface area contributed by atoms with Crippen molar-refractivity contribution in [1.82, 2.24) is 5.16 Å². The average molecular weight is 295 g/mol. The molecular formula is C12H11BrN2O2. The molecule has 0 unspecified atom stereocenters. The zero-order chi connectivity index (χ0) is 12.4. The normalized spacial score (nSPS) is 10.3. The summed E-state index contributed by atoms with van der Waals surface area (Å²) >= 11 is 3.41.